The first-order chi connectivity index (χ1) is 13.5. The zero-order chi connectivity index (χ0) is 20.1. The lowest BCUT2D eigenvalue weighted by Crippen LogP contribution is -2.20. The number of para-hydroxylation sites is 2. The standard InChI is InChI=1S/C18H16ClN5O3S/c1-2-23-15-6-4-3-5-14(15)21-18(23)28-11-17(25)22-20-10-12-7-8-13(19)16(9-12)24(26)27/h3-10H,2,11H2,1H3,(H,22,25). The minimum Gasteiger partial charge on any atom is -0.319 e. The van der Waals surface area contributed by atoms with Gasteiger partial charge in [0.1, 0.15) is 5.02 Å². The number of nitrogens with one attached hydrogen (secondary N) is 1. The van der Waals surface area contributed by atoms with Crippen LogP contribution >= 0.6 is 23.4 Å². The summed E-state index contributed by atoms with van der Waals surface area (Å²) in [6.45, 7) is 2.77. The van der Waals surface area contributed by atoms with Gasteiger partial charge in [0.25, 0.3) is 11.6 Å². The van der Waals surface area contributed by atoms with Crippen LogP contribution in [0.4, 0.5) is 5.69 Å². The van der Waals surface area contributed by atoms with Crippen LogP contribution in [-0.2, 0) is 11.3 Å². The van der Waals surface area contributed by atoms with Crippen LogP contribution < -0.4 is 5.43 Å². The van der Waals surface area contributed by atoms with Gasteiger partial charge in [-0.3, -0.25) is 14.9 Å². The molecule has 3 rings (SSSR count). The third-order valence-electron chi connectivity index (χ3n) is 3.84. The van der Waals surface area contributed by atoms with E-state index in [1.165, 1.54) is 30.1 Å². The van der Waals surface area contributed by atoms with Crippen molar-refractivity contribution in [2.45, 2.75) is 18.6 Å². The highest BCUT2D eigenvalue weighted by Gasteiger charge is 2.13. The Bertz CT molecular complexity index is 1070. The fourth-order valence-corrected chi connectivity index (χ4v) is 3.62. The fourth-order valence-electron chi connectivity index (χ4n) is 2.56. The van der Waals surface area contributed by atoms with E-state index in [1.54, 1.807) is 6.07 Å². The number of amides is 1. The number of hydrogen-bond acceptors (Lipinski definition) is 6. The predicted octanol–water partition coefficient (Wildman–Crippen LogP) is 3.86. The van der Waals surface area contributed by atoms with Crippen molar-refractivity contribution in [1.29, 1.82) is 0 Å². The molecule has 1 heterocycles. The van der Waals surface area contributed by atoms with Crippen molar-refractivity contribution in [3.8, 4) is 0 Å². The number of benzene rings is 2. The molecule has 0 aliphatic rings. The molecule has 0 unspecified atom stereocenters. The number of nitrogens with zero attached hydrogens (tertiary/aromatic N) is 4. The van der Waals surface area contributed by atoms with Crippen molar-refractivity contribution in [2.24, 2.45) is 5.10 Å². The molecule has 0 aliphatic carbocycles. The Kier molecular flexibility index (Phi) is 6.27. The van der Waals surface area contributed by atoms with Crippen molar-refractivity contribution in [2.75, 3.05) is 5.75 Å². The Hall–Kier alpha value is -2.91. The molecule has 8 nitrogen and oxygen atoms in total. The van der Waals surface area contributed by atoms with E-state index in [0.29, 0.717) is 5.56 Å². The number of fused-ring (bicyclic) bond motifs is 1. The quantitative estimate of drug-likeness (QED) is 0.272. The number of aryl methyl sites for hydroxylation is 1. The van der Waals surface area contributed by atoms with Gasteiger partial charge in [-0.2, -0.15) is 5.10 Å². The molecule has 0 aliphatic heterocycles. The molecular weight excluding hydrogens is 402 g/mol. The minimum atomic E-state index is -0.575. The first kappa shape index (κ1) is 19.8. The molecule has 0 bridgehead atoms. The summed E-state index contributed by atoms with van der Waals surface area (Å²) in [4.78, 5) is 26.9. The molecular formula is C18H16ClN5O3S. The summed E-state index contributed by atoms with van der Waals surface area (Å²) in [5, 5.41) is 15.5. The first-order valence-corrected chi connectivity index (χ1v) is 9.70. The van der Waals surface area contributed by atoms with Gasteiger partial charge in [-0.1, -0.05) is 41.6 Å². The monoisotopic (exact) mass is 417 g/mol. The van der Waals surface area contributed by atoms with Crippen LogP contribution in [0.3, 0.4) is 0 Å². The summed E-state index contributed by atoms with van der Waals surface area (Å²) in [5.74, 6) is -0.166. The second-order valence-corrected chi connectivity index (χ2v) is 7.03. The number of hydrazone groups is 1. The largest absolute Gasteiger partial charge is 0.319 e. The number of carbonyl (C=O) groups is 1. The summed E-state index contributed by atoms with van der Waals surface area (Å²) in [7, 11) is 0. The van der Waals surface area contributed by atoms with Gasteiger partial charge >= 0.3 is 0 Å². The number of rotatable bonds is 7. The molecule has 1 aromatic heterocycles. The van der Waals surface area contributed by atoms with E-state index in [1.807, 2.05) is 35.8 Å². The average Bonchev–Trinajstić information content (AvgIpc) is 3.05. The molecule has 0 fully saturated rings. The van der Waals surface area contributed by atoms with Crippen LogP contribution in [-0.4, -0.2) is 32.3 Å². The maximum atomic E-state index is 12.0. The predicted molar refractivity (Wildman–Crippen MR) is 110 cm³/mol. The van der Waals surface area contributed by atoms with Gasteiger partial charge in [0.15, 0.2) is 5.16 Å². The van der Waals surface area contributed by atoms with Gasteiger partial charge in [-0.25, -0.2) is 10.4 Å². The van der Waals surface area contributed by atoms with Crippen molar-refractivity contribution < 1.29 is 9.72 Å². The van der Waals surface area contributed by atoms with Crippen LogP contribution in [0.5, 0.6) is 0 Å². The summed E-state index contributed by atoms with van der Waals surface area (Å²) in [5.41, 5.74) is 4.55. The Morgan fingerprint density at radius 2 is 2.18 bits per heavy atom. The second-order valence-electron chi connectivity index (χ2n) is 5.68. The summed E-state index contributed by atoms with van der Waals surface area (Å²) in [6.07, 6.45) is 1.33. The Balaban J connectivity index is 1.60. The number of carbonyl (C=O) groups excluding carboxylic acids is 1. The van der Waals surface area contributed by atoms with E-state index in [9.17, 15) is 14.9 Å². The summed E-state index contributed by atoms with van der Waals surface area (Å²) in [6, 6.07) is 12.1. The third kappa shape index (κ3) is 4.49. The lowest BCUT2D eigenvalue weighted by Gasteiger charge is -2.04. The number of hydrogen-bond donors (Lipinski definition) is 1. The van der Waals surface area contributed by atoms with Crippen LogP contribution in [0.2, 0.25) is 5.02 Å². The maximum absolute atomic E-state index is 12.0. The molecule has 0 saturated heterocycles. The van der Waals surface area contributed by atoms with E-state index in [0.717, 1.165) is 22.7 Å². The van der Waals surface area contributed by atoms with Crippen LogP contribution in [0, 0.1) is 10.1 Å². The molecule has 2 aromatic carbocycles. The number of nitro groups is 1. The highest BCUT2D eigenvalue weighted by molar-refractivity contribution is 7.99. The highest BCUT2D eigenvalue weighted by Crippen LogP contribution is 2.25. The molecule has 3 aromatic rings. The van der Waals surface area contributed by atoms with E-state index in [4.69, 9.17) is 11.6 Å². The Morgan fingerprint density at radius 3 is 2.93 bits per heavy atom. The summed E-state index contributed by atoms with van der Waals surface area (Å²) >= 11 is 7.08. The van der Waals surface area contributed by atoms with Gasteiger partial charge in [0.05, 0.1) is 27.9 Å². The normalized spacial score (nSPS) is 11.2. The molecule has 0 radical (unpaired) electrons. The third-order valence-corrected chi connectivity index (χ3v) is 5.13. The number of aromatic nitrogens is 2. The number of nitro benzene ring substituents is 1. The first-order valence-electron chi connectivity index (χ1n) is 8.33. The van der Waals surface area contributed by atoms with E-state index in [2.05, 4.69) is 15.5 Å². The second kappa shape index (κ2) is 8.85. The smallest absolute Gasteiger partial charge is 0.288 e. The molecule has 10 heteroatoms. The number of imidazole rings is 1. The molecule has 144 valence electrons. The van der Waals surface area contributed by atoms with Crippen LogP contribution in [0.15, 0.2) is 52.7 Å². The van der Waals surface area contributed by atoms with E-state index in [-0.39, 0.29) is 22.4 Å². The lowest BCUT2D eigenvalue weighted by molar-refractivity contribution is -0.384. The molecule has 28 heavy (non-hydrogen) atoms. The van der Waals surface area contributed by atoms with Crippen LogP contribution in [0.25, 0.3) is 11.0 Å². The Labute approximate surface area is 169 Å². The van der Waals surface area contributed by atoms with Gasteiger partial charge in [0.2, 0.25) is 0 Å². The average molecular weight is 418 g/mol. The van der Waals surface area contributed by atoms with Crippen molar-refractivity contribution in [3.63, 3.8) is 0 Å². The van der Waals surface area contributed by atoms with Gasteiger partial charge < -0.3 is 4.57 Å². The van der Waals surface area contributed by atoms with Gasteiger partial charge in [-0.15, -0.1) is 0 Å². The SMILES string of the molecule is CCn1c(SCC(=O)NN=Cc2ccc(Cl)c([N+](=O)[O-])c2)nc2ccccc21. The minimum absolute atomic E-state index is 0.0430. The molecule has 1 amide bonds. The number of halogens is 1. The number of thioether (sulfide) groups is 1. The topological polar surface area (TPSA) is 102 Å². The van der Waals surface area contributed by atoms with Crippen LogP contribution in [0.1, 0.15) is 12.5 Å². The van der Waals surface area contributed by atoms with Crippen molar-refractivity contribution in [3.05, 3.63) is 63.2 Å². The zero-order valence-corrected chi connectivity index (χ0v) is 16.4. The van der Waals surface area contributed by atoms with Crippen molar-refractivity contribution >= 4 is 52.2 Å². The Morgan fingerprint density at radius 1 is 1.39 bits per heavy atom. The molecule has 0 spiro atoms. The van der Waals surface area contributed by atoms with Crippen molar-refractivity contribution in [1.82, 2.24) is 15.0 Å². The van der Waals surface area contributed by atoms with Gasteiger partial charge in [-0.05, 0) is 25.1 Å². The lowest BCUT2D eigenvalue weighted by atomic mass is 10.2. The summed E-state index contributed by atoms with van der Waals surface area (Å²) < 4.78 is 2.05. The molecule has 0 saturated carbocycles. The van der Waals surface area contributed by atoms with E-state index >= 15 is 0 Å². The zero-order valence-electron chi connectivity index (χ0n) is 14.8. The highest BCUT2D eigenvalue weighted by atomic mass is 35.5. The molecule has 0 atom stereocenters. The van der Waals surface area contributed by atoms with Gasteiger partial charge in [0, 0.05) is 18.2 Å². The van der Waals surface area contributed by atoms with E-state index < -0.39 is 4.92 Å². The maximum Gasteiger partial charge on any atom is 0.288 e. The molecule has 1 N–H and O–H groups in total. The fraction of sp³-hybridized carbons (Fsp3) is 0.167.